The molecule has 0 fully saturated rings. The number of ether oxygens (including phenoxy) is 2. The predicted octanol–water partition coefficient (Wildman–Crippen LogP) is 3.54. The zero-order valence-electron chi connectivity index (χ0n) is 18.8. The highest BCUT2D eigenvalue weighted by atomic mass is 35.5. The standard InChI is InChI=1S/C24H24Cl2N4O4/c1-28-22-21(23(31)29(2)24(28)32)30(15-27-22)11-18(34-13-17-8-4-6-10-20(17)26)14-33-12-16-7-3-5-9-19(16)25/h3-10,15,18H,11-14H2,1-2H3/t18-/m0/s1. The molecule has 0 spiro atoms. The number of rotatable bonds is 9. The molecular formula is C24H24Cl2N4O4. The maximum Gasteiger partial charge on any atom is 0.332 e. The van der Waals surface area contributed by atoms with E-state index < -0.39 is 17.4 Å². The number of aryl methyl sites for hydroxylation is 1. The van der Waals surface area contributed by atoms with Gasteiger partial charge in [-0.05, 0) is 23.3 Å². The van der Waals surface area contributed by atoms with Crippen molar-refractivity contribution in [3.63, 3.8) is 0 Å². The molecule has 4 aromatic rings. The zero-order chi connectivity index (χ0) is 24.2. The number of hydrogen-bond donors (Lipinski definition) is 0. The molecule has 0 aliphatic rings. The first-order valence-corrected chi connectivity index (χ1v) is 11.4. The number of imidazole rings is 1. The number of nitrogens with zero attached hydrogens (tertiary/aromatic N) is 4. The zero-order valence-corrected chi connectivity index (χ0v) is 20.3. The molecule has 0 saturated heterocycles. The fourth-order valence-electron chi connectivity index (χ4n) is 3.65. The Morgan fingerprint density at radius 3 is 2.18 bits per heavy atom. The first-order chi connectivity index (χ1) is 16.4. The van der Waals surface area contributed by atoms with Crippen LogP contribution < -0.4 is 11.2 Å². The van der Waals surface area contributed by atoms with Gasteiger partial charge in [-0.15, -0.1) is 0 Å². The number of fused-ring (bicyclic) bond motifs is 1. The third-order valence-corrected chi connectivity index (χ3v) is 6.31. The molecule has 8 nitrogen and oxygen atoms in total. The highest BCUT2D eigenvalue weighted by molar-refractivity contribution is 6.31. The van der Waals surface area contributed by atoms with Gasteiger partial charge >= 0.3 is 5.69 Å². The molecule has 178 valence electrons. The van der Waals surface area contributed by atoms with Gasteiger partial charge in [0, 0.05) is 24.1 Å². The molecule has 1 atom stereocenters. The minimum absolute atomic E-state index is 0.238. The van der Waals surface area contributed by atoms with E-state index in [-0.39, 0.29) is 19.8 Å². The Hall–Kier alpha value is -2.91. The summed E-state index contributed by atoms with van der Waals surface area (Å²) in [7, 11) is 3.03. The minimum Gasteiger partial charge on any atom is -0.374 e. The fourth-order valence-corrected chi connectivity index (χ4v) is 4.03. The lowest BCUT2D eigenvalue weighted by Crippen LogP contribution is -2.38. The normalized spacial score (nSPS) is 12.4. The topological polar surface area (TPSA) is 80.3 Å². The second-order valence-electron chi connectivity index (χ2n) is 7.91. The molecule has 2 heterocycles. The van der Waals surface area contributed by atoms with E-state index in [1.807, 2.05) is 42.5 Å². The summed E-state index contributed by atoms with van der Waals surface area (Å²) in [6, 6.07) is 14.9. The molecular weight excluding hydrogens is 479 g/mol. The maximum absolute atomic E-state index is 12.8. The third-order valence-electron chi connectivity index (χ3n) is 5.57. The smallest absolute Gasteiger partial charge is 0.332 e. The van der Waals surface area contributed by atoms with Crippen LogP contribution in [0.5, 0.6) is 0 Å². The average Bonchev–Trinajstić information content (AvgIpc) is 3.25. The maximum atomic E-state index is 12.8. The number of halogens is 2. The van der Waals surface area contributed by atoms with Crippen molar-refractivity contribution in [3.05, 3.63) is 96.9 Å². The molecule has 0 unspecified atom stereocenters. The van der Waals surface area contributed by atoms with Crippen LogP contribution in [0, 0.1) is 0 Å². The molecule has 34 heavy (non-hydrogen) atoms. The molecule has 0 bridgehead atoms. The van der Waals surface area contributed by atoms with Crippen molar-refractivity contribution in [1.82, 2.24) is 18.7 Å². The van der Waals surface area contributed by atoms with Crippen LogP contribution >= 0.6 is 23.2 Å². The monoisotopic (exact) mass is 502 g/mol. The summed E-state index contributed by atoms with van der Waals surface area (Å²) < 4.78 is 16.2. The lowest BCUT2D eigenvalue weighted by molar-refractivity contribution is -0.0368. The summed E-state index contributed by atoms with van der Waals surface area (Å²) in [6.45, 7) is 1.10. The van der Waals surface area contributed by atoms with Crippen molar-refractivity contribution < 1.29 is 9.47 Å². The second-order valence-corrected chi connectivity index (χ2v) is 8.72. The van der Waals surface area contributed by atoms with E-state index >= 15 is 0 Å². The van der Waals surface area contributed by atoms with Gasteiger partial charge in [0.05, 0.1) is 38.8 Å². The molecule has 2 aromatic heterocycles. The van der Waals surface area contributed by atoms with Gasteiger partial charge in [-0.2, -0.15) is 0 Å². The van der Waals surface area contributed by atoms with Gasteiger partial charge in [0.2, 0.25) is 0 Å². The van der Waals surface area contributed by atoms with Gasteiger partial charge in [-0.1, -0.05) is 59.6 Å². The summed E-state index contributed by atoms with van der Waals surface area (Å²) in [5, 5.41) is 1.23. The average molecular weight is 503 g/mol. The van der Waals surface area contributed by atoms with Crippen molar-refractivity contribution in [2.75, 3.05) is 6.61 Å². The second kappa shape index (κ2) is 10.6. The molecule has 0 aliphatic heterocycles. The molecule has 10 heteroatoms. The highest BCUT2D eigenvalue weighted by Gasteiger charge is 2.19. The van der Waals surface area contributed by atoms with E-state index in [1.54, 1.807) is 17.7 Å². The van der Waals surface area contributed by atoms with E-state index in [2.05, 4.69) is 4.98 Å². The number of benzene rings is 2. The van der Waals surface area contributed by atoms with Gasteiger partial charge in [0.25, 0.3) is 5.56 Å². The van der Waals surface area contributed by atoms with Gasteiger partial charge in [0.15, 0.2) is 11.2 Å². The summed E-state index contributed by atoms with van der Waals surface area (Å²) in [4.78, 5) is 29.3. The van der Waals surface area contributed by atoms with Crippen LogP contribution in [0.25, 0.3) is 11.2 Å². The van der Waals surface area contributed by atoms with E-state index in [4.69, 9.17) is 32.7 Å². The summed E-state index contributed by atoms with van der Waals surface area (Å²) in [6.07, 6.45) is 1.10. The van der Waals surface area contributed by atoms with Crippen LogP contribution in [0.3, 0.4) is 0 Å². The lowest BCUT2D eigenvalue weighted by Gasteiger charge is -2.20. The van der Waals surface area contributed by atoms with Gasteiger partial charge in [0.1, 0.15) is 0 Å². The van der Waals surface area contributed by atoms with E-state index in [9.17, 15) is 9.59 Å². The van der Waals surface area contributed by atoms with Crippen LogP contribution in [-0.4, -0.2) is 31.4 Å². The lowest BCUT2D eigenvalue weighted by atomic mass is 10.2. The Morgan fingerprint density at radius 2 is 1.53 bits per heavy atom. The van der Waals surface area contributed by atoms with E-state index in [1.165, 1.54) is 17.9 Å². The van der Waals surface area contributed by atoms with Crippen molar-refractivity contribution in [3.8, 4) is 0 Å². The Morgan fingerprint density at radius 1 is 0.912 bits per heavy atom. The Balaban J connectivity index is 1.57. The van der Waals surface area contributed by atoms with E-state index in [0.29, 0.717) is 27.8 Å². The van der Waals surface area contributed by atoms with Gasteiger partial charge in [-0.3, -0.25) is 13.9 Å². The first-order valence-electron chi connectivity index (χ1n) is 10.6. The van der Waals surface area contributed by atoms with Crippen molar-refractivity contribution in [2.45, 2.75) is 25.9 Å². The summed E-state index contributed by atoms with van der Waals surface area (Å²) in [5.74, 6) is 0. The fraction of sp³-hybridized carbons (Fsp3) is 0.292. The van der Waals surface area contributed by atoms with Crippen LogP contribution in [0.1, 0.15) is 11.1 Å². The van der Waals surface area contributed by atoms with Crippen LogP contribution in [0.15, 0.2) is 64.4 Å². The molecule has 0 radical (unpaired) electrons. The minimum atomic E-state index is -0.433. The number of hydrogen-bond acceptors (Lipinski definition) is 5. The largest absolute Gasteiger partial charge is 0.374 e. The first kappa shape index (κ1) is 24.2. The van der Waals surface area contributed by atoms with Gasteiger partial charge in [-0.25, -0.2) is 9.78 Å². The van der Waals surface area contributed by atoms with Crippen molar-refractivity contribution >= 4 is 34.4 Å². The van der Waals surface area contributed by atoms with Crippen LogP contribution in [-0.2, 0) is 43.3 Å². The predicted molar refractivity (Wildman–Crippen MR) is 131 cm³/mol. The Bertz CT molecular complexity index is 1430. The molecule has 0 aliphatic carbocycles. The third kappa shape index (κ3) is 5.10. The highest BCUT2D eigenvalue weighted by Crippen LogP contribution is 2.19. The molecule has 2 aromatic carbocycles. The Kier molecular flexibility index (Phi) is 7.53. The Labute approximate surface area is 205 Å². The molecule has 0 N–H and O–H groups in total. The SMILES string of the molecule is Cn1c(=O)c2c(ncn2C[C@@H](COCc2ccccc2Cl)OCc2ccccc2Cl)n(C)c1=O. The van der Waals surface area contributed by atoms with Crippen LogP contribution in [0.4, 0.5) is 0 Å². The summed E-state index contributed by atoms with van der Waals surface area (Å²) in [5.41, 5.74) is 1.49. The van der Waals surface area contributed by atoms with E-state index in [0.717, 1.165) is 15.7 Å². The summed E-state index contributed by atoms with van der Waals surface area (Å²) >= 11 is 12.5. The molecule has 0 saturated carbocycles. The quantitative estimate of drug-likeness (QED) is 0.349. The van der Waals surface area contributed by atoms with Gasteiger partial charge < -0.3 is 14.0 Å². The van der Waals surface area contributed by atoms with Crippen LogP contribution in [0.2, 0.25) is 10.0 Å². The molecule has 0 amide bonds. The van der Waals surface area contributed by atoms with Crippen molar-refractivity contribution in [1.29, 1.82) is 0 Å². The molecule has 4 rings (SSSR count). The van der Waals surface area contributed by atoms with Crippen molar-refractivity contribution in [2.24, 2.45) is 14.1 Å². The number of aromatic nitrogens is 4.